The largest absolute Gasteiger partial charge is 0.467 e. The molecule has 0 atom stereocenters. The van der Waals surface area contributed by atoms with Crippen LogP contribution in [-0.4, -0.2) is 126 Å². The zero-order valence-electron chi connectivity index (χ0n) is 24.5. The molecule has 0 rings (SSSR count). The van der Waals surface area contributed by atoms with Crippen LogP contribution in [0.5, 0.6) is 0 Å². The highest BCUT2D eigenvalue weighted by Gasteiger charge is 1.96. The highest BCUT2D eigenvalue weighted by Crippen LogP contribution is 1.78. The summed E-state index contributed by atoms with van der Waals surface area (Å²) in [6.07, 6.45) is 0.769. The number of methoxy groups -OCH3 is 6. The third-order valence-electron chi connectivity index (χ3n) is 3.18. The molecular formula is C23H55N4O9+. The molecular weight excluding hydrogens is 476 g/mol. The van der Waals surface area contributed by atoms with Crippen LogP contribution in [0.4, 0.5) is 0 Å². The number of amides is 2. The maximum absolute atomic E-state index is 10.7. The SMILES string of the molecule is CNCCNC(=O)COC.COC(C)C.COC(C)C.COCC(=O)NCC[NH3+].COCC(=O)OC. The summed E-state index contributed by atoms with van der Waals surface area (Å²) < 4.78 is 27.3. The van der Waals surface area contributed by atoms with Gasteiger partial charge in [-0.05, 0) is 34.7 Å². The molecule has 0 fully saturated rings. The molecule has 0 aliphatic rings. The Hall–Kier alpha value is -1.87. The first kappa shape index (κ1) is 44.1. The quantitative estimate of drug-likeness (QED) is 0.168. The molecule has 13 heteroatoms. The fourth-order valence-corrected chi connectivity index (χ4v) is 1.10. The van der Waals surface area contributed by atoms with Crippen molar-refractivity contribution in [1.82, 2.24) is 16.0 Å². The molecule has 2 amide bonds. The molecule has 6 N–H and O–H groups in total. The molecule has 0 aliphatic heterocycles. The number of quaternary nitrogens is 1. The zero-order valence-corrected chi connectivity index (χ0v) is 24.5. The van der Waals surface area contributed by atoms with E-state index in [1.165, 1.54) is 28.4 Å². The molecule has 0 saturated carbocycles. The summed E-state index contributed by atoms with van der Waals surface area (Å²) in [4.78, 5) is 31.3. The summed E-state index contributed by atoms with van der Waals surface area (Å²) in [5.41, 5.74) is 3.56. The Morgan fingerprint density at radius 3 is 1.25 bits per heavy atom. The van der Waals surface area contributed by atoms with Crippen LogP contribution in [0, 0.1) is 0 Å². The lowest BCUT2D eigenvalue weighted by Gasteiger charge is -2.02. The van der Waals surface area contributed by atoms with Gasteiger partial charge in [-0.25, -0.2) is 4.79 Å². The van der Waals surface area contributed by atoms with Gasteiger partial charge in [0.1, 0.15) is 19.8 Å². The summed E-state index contributed by atoms with van der Waals surface area (Å²) in [6.45, 7) is 11.1. The fourth-order valence-electron chi connectivity index (χ4n) is 1.10. The molecule has 0 unspecified atom stereocenters. The van der Waals surface area contributed by atoms with E-state index >= 15 is 0 Å². The minimum atomic E-state index is -0.345. The standard InChI is InChI=1S/C6H14N2O2.C5H12N2O2.C4H8O3.2C4H10O/c1-7-3-4-8-6(9)5-10-2;1-9-4-5(8)7-3-2-6;1-6-3-4(5)7-2;2*1-4(2)5-3/h7H,3-5H2,1-2H3,(H,8,9);2-4,6H2,1H3,(H,7,8);3H2,1-2H3;2*4H,1-3H3/p+1. The highest BCUT2D eigenvalue weighted by atomic mass is 16.6. The van der Waals surface area contributed by atoms with E-state index in [-0.39, 0.29) is 37.6 Å². The van der Waals surface area contributed by atoms with Gasteiger partial charge in [-0.3, -0.25) is 9.59 Å². The van der Waals surface area contributed by atoms with Crippen molar-refractivity contribution in [3.8, 4) is 0 Å². The van der Waals surface area contributed by atoms with Crippen LogP contribution in [0.3, 0.4) is 0 Å². The molecule has 36 heavy (non-hydrogen) atoms. The highest BCUT2D eigenvalue weighted by molar-refractivity contribution is 5.77. The first-order valence-corrected chi connectivity index (χ1v) is 11.5. The normalized spacial score (nSPS) is 9.17. The predicted molar refractivity (Wildman–Crippen MR) is 140 cm³/mol. The summed E-state index contributed by atoms with van der Waals surface area (Å²) in [5.74, 6) is -0.499. The van der Waals surface area contributed by atoms with Crippen molar-refractivity contribution in [2.45, 2.75) is 39.9 Å². The summed E-state index contributed by atoms with van der Waals surface area (Å²) in [7, 11) is 11.0. The van der Waals surface area contributed by atoms with Gasteiger partial charge in [0.2, 0.25) is 11.8 Å². The Labute approximate surface area is 218 Å². The molecule has 0 aromatic heterocycles. The van der Waals surface area contributed by atoms with E-state index in [9.17, 15) is 14.4 Å². The van der Waals surface area contributed by atoms with Crippen LogP contribution >= 0.6 is 0 Å². The predicted octanol–water partition coefficient (Wildman–Crippen LogP) is -1.15. The van der Waals surface area contributed by atoms with E-state index in [0.29, 0.717) is 25.3 Å². The van der Waals surface area contributed by atoms with E-state index in [1.54, 1.807) is 14.2 Å². The molecule has 0 saturated heterocycles. The second-order valence-electron chi connectivity index (χ2n) is 7.10. The molecule has 0 aromatic carbocycles. The van der Waals surface area contributed by atoms with Crippen molar-refractivity contribution >= 4 is 17.8 Å². The second kappa shape index (κ2) is 40.3. The number of likely N-dealkylation sites (N-methyl/N-ethyl adjacent to an activating group) is 1. The maximum Gasteiger partial charge on any atom is 0.331 e. The lowest BCUT2D eigenvalue weighted by molar-refractivity contribution is -0.364. The molecule has 220 valence electrons. The number of hydrogen-bond acceptors (Lipinski definition) is 10. The van der Waals surface area contributed by atoms with Gasteiger partial charge in [-0.15, -0.1) is 0 Å². The van der Waals surface area contributed by atoms with Gasteiger partial charge < -0.3 is 50.1 Å². The molecule has 0 heterocycles. The van der Waals surface area contributed by atoms with Gasteiger partial charge in [-0.2, -0.15) is 0 Å². The van der Waals surface area contributed by atoms with Gasteiger partial charge in [0.05, 0.1) is 32.4 Å². The molecule has 0 aliphatic carbocycles. The molecule has 0 spiro atoms. The molecule has 0 bridgehead atoms. The summed E-state index contributed by atoms with van der Waals surface area (Å²) in [5, 5.41) is 8.17. The Bertz CT molecular complexity index is 447. The topological polar surface area (TPSA) is 170 Å². The number of hydrogen-bond donors (Lipinski definition) is 4. The average molecular weight is 532 g/mol. The van der Waals surface area contributed by atoms with Gasteiger partial charge in [0, 0.05) is 48.6 Å². The third-order valence-corrected chi connectivity index (χ3v) is 3.18. The summed E-state index contributed by atoms with van der Waals surface area (Å²) in [6, 6.07) is 0. The first-order chi connectivity index (χ1) is 17.0. The number of carbonyl (C=O) groups is 3. The zero-order chi connectivity index (χ0) is 29.2. The van der Waals surface area contributed by atoms with E-state index in [1.807, 2.05) is 34.7 Å². The van der Waals surface area contributed by atoms with E-state index in [0.717, 1.165) is 13.1 Å². The van der Waals surface area contributed by atoms with Crippen molar-refractivity contribution in [2.75, 3.05) is 95.7 Å². The van der Waals surface area contributed by atoms with Crippen molar-refractivity contribution in [2.24, 2.45) is 0 Å². The van der Waals surface area contributed by atoms with Crippen LogP contribution in [0.15, 0.2) is 0 Å². The van der Waals surface area contributed by atoms with E-state index in [4.69, 9.17) is 9.47 Å². The lowest BCUT2D eigenvalue weighted by atomic mass is 10.5. The van der Waals surface area contributed by atoms with Crippen LogP contribution in [-0.2, 0) is 42.8 Å². The van der Waals surface area contributed by atoms with Gasteiger partial charge in [0.25, 0.3) is 0 Å². The number of esters is 1. The van der Waals surface area contributed by atoms with Crippen molar-refractivity contribution < 1.29 is 48.5 Å². The molecule has 13 nitrogen and oxygen atoms in total. The number of rotatable bonds is 13. The summed E-state index contributed by atoms with van der Waals surface area (Å²) >= 11 is 0. The van der Waals surface area contributed by atoms with Crippen LogP contribution < -0.4 is 21.7 Å². The number of nitrogens with one attached hydrogen (secondary N) is 3. The minimum absolute atomic E-state index is 0.0382. The van der Waals surface area contributed by atoms with Crippen LogP contribution in [0.2, 0.25) is 0 Å². The van der Waals surface area contributed by atoms with E-state index < -0.39 is 0 Å². The minimum Gasteiger partial charge on any atom is -0.467 e. The molecule has 0 radical (unpaired) electrons. The number of ether oxygens (including phenoxy) is 6. The molecule has 0 aromatic rings. The van der Waals surface area contributed by atoms with Crippen LogP contribution in [0.25, 0.3) is 0 Å². The van der Waals surface area contributed by atoms with Gasteiger partial charge in [-0.1, -0.05) is 0 Å². The van der Waals surface area contributed by atoms with Crippen molar-refractivity contribution in [1.29, 1.82) is 0 Å². The van der Waals surface area contributed by atoms with E-state index in [2.05, 4.69) is 40.6 Å². The maximum atomic E-state index is 10.7. The van der Waals surface area contributed by atoms with Crippen LogP contribution in [0.1, 0.15) is 27.7 Å². The fraction of sp³-hybridized carbons (Fsp3) is 0.870. The smallest absolute Gasteiger partial charge is 0.331 e. The Balaban J connectivity index is -0.000000114. The Morgan fingerprint density at radius 1 is 0.667 bits per heavy atom. The Morgan fingerprint density at radius 2 is 1.03 bits per heavy atom. The number of carbonyl (C=O) groups excluding carboxylic acids is 3. The Kier molecular flexibility index (Phi) is 49.4. The van der Waals surface area contributed by atoms with Crippen molar-refractivity contribution in [3.63, 3.8) is 0 Å². The average Bonchev–Trinajstić information content (AvgIpc) is 2.85. The lowest BCUT2D eigenvalue weighted by Crippen LogP contribution is -2.55. The second-order valence-corrected chi connectivity index (χ2v) is 7.10. The van der Waals surface area contributed by atoms with Gasteiger partial charge in [0.15, 0.2) is 0 Å². The first-order valence-electron chi connectivity index (χ1n) is 11.5. The third kappa shape index (κ3) is 63.6. The van der Waals surface area contributed by atoms with Gasteiger partial charge >= 0.3 is 5.97 Å². The van der Waals surface area contributed by atoms with Crippen molar-refractivity contribution in [3.05, 3.63) is 0 Å². The monoisotopic (exact) mass is 531 g/mol.